The van der Waals surface area contributed by atoms with Crippen molar-refractivity contribution in [3.05, 3.63) is 28.3 Å². The van der Waals surface area contributed by atoms with Gasteiger partial charge in [-0.05, 0) is 37.1 Å². The molecule has 1 amide bonds. The Kier molecular flexibility index (Phi) is 5.05. The van der Waals surface area contributed by atoms with E-state index in [-0.39, 0.29) is 5.91 Å². The Bertz CT molecular complexity index is 463. The maximum absolute atomic E-state index is 10.6. The number of unbranched alkanes of at least 4 members (excludes halogenated alkanes) is 1. The maximum atomic E-state index is 10.6. The molecule has 1 aliphatic heterocycles. The Hall–Kier alpha value is -1.26. The van der Waals surface area contributed by atoms with Crippen LogP contribution in [-0.2, 0) is 17.8 Å². The van der Waals surface area contributed by atoms with Crippen LogP contribution in [0.1, 0.15) is 30.4 Å². The number of nitrogens with two attached hydrogens (primary N) is 1. The number of ether oxygens (including phenoxy) is 1. The first-order valence-electron chi connectivity index (χ1n) is 6.60. The van der Waals surface area contributed by atoms with Crippen LogP contribution in [0.3, 0.4) is 0 Å². The molecule has 0 aromatic heterocycles. The van der Waals surface area contributed by atoms with Gasteiger partial charge in [0.15, 0.2) is 0 Å². The third-order valence-electron chi connectivity index (χ3n) is 3.17. The summed E-state index contributed by atoms with van der Waals surface area (Å²) in [5.74, 6) is 0.745. The predicted molar refractivity (Wildman–Crippen MR) is 75.4 cm³/mol. The number of carbonyl (C=O) groups excluding carboxylic acids is 1. The first kappa shape index (κ1) is 14.2. The average molecular weight is 283 g/mol. The number of halogens is 1. The van der Waals surface area contributed by atoms with Crippen LogP contribution in [0, 0.1) is 0 Å². The van der Waals surface area contributed by atoms with E-state index >= 15 is 0 Å². The number of nitrogens with one attached hydrogen (secondary N) is 1. The number of fused-ring (bicyclic) bond motifs is 1. The summed E-state index contributed by atoms with van der Waals surface area (Å²) < 4.78 is 5.63. The quantitative estimate of drug-likeness (QED) is 0.752. The predicted octanol–water partition coefficient (Wildman–Crippen LogP) is 2.02. The summed E-state index contributed by atoms with van der Waals surface area (Å²) >= 11 is 6.09. The van der Waals surface area contributed by atoms with E-state index in [1.54, 1.807) is 0 Å². The fraction of sp³-hybridized carbons (Fsp3) is 0.500. The topological polar surface area (TPSA) is 64.4 Å². The van der Waals surface area contributed by atoms with Crippen LogP contribution in [0.2, 0.25) is 5.02 Å². The largest absolute Gasteiger partial charge is 0.493 e. The molecule has 1 aromatic rings. The Morgan fingerprint density at radius 2 is 2.26 bits per heavy atom. The van der Waals surface area contributed by atoms with Gasteiger partial charge < -0.3 is 15.8 Å². The zero-order valence-corrected chi connectivity index (χ0v) is 11.6. The van der Waals surface area contributed by atoms with Crippen LogP contribution in [-0.4, -0.2) is 19.1 Å². The molecule has 4 nitrogen and oxygen atoms in total. The lowest BCUT2D eigenvalue weighted by Gasteiger charge is -2.10. The van der Waals surface area contributed by atoms with Gasteiger partial charge in [-0.3, -0.25) is 4.79 Å². The van der Waals surface area contributed by atoms with Crippen molar-refractivity contribution in [2.75, 3.05) is 13.2 Å². The highest BCUT2D eigenvalue weighted by Gasteiger charge is 2.17. The van der Waals surface area contributed by atoms with Crippen LogP contribution in [0.4, 0.5) is 0 Å². The van der Waals surface area contributed by atoms with E-state index in [9.17, 15) is 4.79 Å². The molecule has 1 aromatic carbocycles. The second-order valence-corrected chi connectivity index (χ2v) is 5.19. The summed E-state index contributed by atoms with van der Waals surface area (Å²) in [6.07, 6.45) is 3.15. The van der Waals surface area contributed by atoms with Gasteiger partial charge in [0.25, 0.3) is 0 Å². The molecule has 19 heavy (non-hydrogen) atoms. The maximum Gasteiger partial charge on any atom is 0.217 e. The summed E-state index contributed by atoms with van der Waals surface area (Å²) in [6, 6.07) is 3.92. The molecule has 2 rings (SSSR count). The molecule has 0 radical (unpaired) electrons. The number of primary amides is 1. The van der Waals surface area contributed by atoms with Crippen molar-refractivity contribution in [2.24, 2.45) is 5.73 Å². The van der Waals surface area contributed by atoms with Crippen molar-refractivity contribution in [3.63, 3.8) is 0 Å². The number of carbonyl (C=O) groups is 1. The third kappa shape index (κ3) is 4.11. The molecule has 0 unspecified atom stereocenters. The lowest BCUT2D eigenvalue weighted by molar-refractivity contribution is -0.118. The van der Waals surface area contributed by atoms with E-state index in [1.807, 2.05) is 12.1 Å². The SMILES string of the molecule is NC(=O)CCCCNCc1cc(Cl)cc2c1OCC2. The molecule has 0 bridgehead atoms. The number of rotatable bonds is 7. The lowest BCUT2D eigenvalue weighted by Crippen LogP contribution is -2.16. The van der Waals surface area contributed by atoms with E-state index in [1.165, 1.54) is 5.56 Å². The molecule has 3 N–H and O–H groups in total. The molecule has 104 valence electrons. The molecule has 0 spiro atoms. The summed E-state index contributed by atoms with van der Waals surface area (Å²) in [5, 5.41) is 4.10. The monoisotopic (exact) mass is 282 g/mol. The first-order chi connectivity index (χ1) is 9.16. The van der Waals surface area contributed by atoms with E-state index in [2.05, 4.69) is 5.32 Å². The number of hydrogen-bond donors (Lipinski definition) is 2. The smallest absolute Gasteiger partial charge is 0.217 e. The third-order valence-corrected chi connectivity index (χ3v) is 3.39. The molecule has 1 aliphatic rings. The summed E-state index contributed by atoms with van der Waals surface area (Å²) in [4.78, 5) is 10.6. The average Bonchev–Trinajstić information content (AvgIpc) is 2.80. The van der Waals surface area contributed by atoms with Gasteiger partial charge in [-0.2, -0.15) is 0 Å². The second-order valence-electron chi connectivity index (χ2n) is 4.75. The highest BCUT2D eigenvalue weighted by atomic mass is 35.5. The Balaban J connectivity index is 1.79. The van der Waals surface area contributed by atoms with Crippen molar-refractivity contribution in [2.45, 2.75) is 32.2 Å². The van der Waals surface area contributed by atoms with Crippen LogP contribution in [0.25, 0.3) is 0 Å². The Morgan fingerprint density at radius 3 is 3.05 bits per heavy atom. The molecule has 0 saturated heterocycles. The van der Waals surface area contributed by atoms with Gasteiger partial charge in [0.2, 0.25) is 5.91 Å². The van der Waals surface area contributed by atoms with E-state index in [4.69, 9.17) is 22.1 Å². The van der Waals surface area contributed by atoms with Gasteiger partial charge in [-0.1, -0.05) is 11.6 Å². The van der Waals surface area contributed by atoms with Crippen molar-refractivity contribution >= 4 is 17.5 Å². The summed E-state index contributed by atoms with van der Waals surface area (Å²) in [6.45, 7) is 2.33. The highest BCUT2D eigenvalue weighted by Crippen LogP contribution is 2.32. The van der Waals surface area contributed by atoms with Crippen LogP contribution in [0.15, 0.2) is 12.1 Å². The molecule has 0 saturated carbocycles. The van der Waals surface area contributed by atoms with Crippen LogP contribution >= 0.6 is 11.6 Å². The molecule has 1 heterocycles. The lowest BCUT2D eigenvalue weighted by atomic mass is 10.1. The van der Waals surface area contributed by atoms with E-state index in [0.29, 0.717) is 6.42 Å². The van der Waals surface area contributed by atoms with Crippen molar-refractivity contribution in [3.8, 4) is 5.75 Å². The van der Waals surface area contributed by atoms with Gasteiger partial charge in [-0.15, -0.1) is 0 Å². The van der Waals surface area contributed by atoms with E-state index < -0.39 is 0 Å². The van der Waals surface area contributed by atoms with Gasteiger partial charge in [-0.25, -0.2) is 0 Å². The zero-order valence-electron chi connectivity index (χ0n) is 10.9. The Morgan fingerprint density at radius 1 is 1.42 bits per heavy atom. The van der Waals surface area contributed by atoms with Crippen LogP contribution < -0.4 is 15.8 Å². The highest BCUT2D eigenvalue weighted by molar-refractivity contribution is 6.30. The second kappa shape index (κ2) is 6.78. The van der Waals surface area contributed by atoms with Gasteiger partial charge in [0.1, 0.15) is 5.75 Å². The minimum Gasteiger partial charge on any atom is -0.493 e. The fourth-order valence-electron chi connectivity index (χ4n) is 2.25. The fourth-order valence-corrected chi connectivity index (χ4v) is 2.51. The summed E-state index contributed by atoms with van der Waals surface area (Å²) in [7, 11) is 0. The molecular formula is C14H19ClN2O2. The minimum atomic E-state index is -0.235. The summed E-state index contributed by atoms with van der Waals surface area (Å²) in [5.41, 5.74) is 7.38. The van der Waals surface area contributed by atoms with Gasteiger partial charge in [0, 0.05) is 30.0 Å². The normalized spacial score (nSPS) is 13.1. The molecule has 0 fully saturated rings. The standard InChI is InChI=1S/C14H19ClN2O2/c15-12-7-10-4-6-19-14(10)11(8-12)9-17-5-2-1-3-13(16)18/h7-8,17H,1-6,9H2,(H2,16,18). The number of hydrogen-bond acceptors (Lipinski definition) is 3. The van der Waals surface area contributed by atoms with Crippen molar-refractivity contribution in [1.82, 2.24) is 5.32 Å². The van der Waals surface area contributed by atoms with E-state index in [0.717, 1.165) is 55.3 Å². The van der Waals surface area contributed by atoms with Crippen molar-refractivity contribution in [1.29, 1.82) is 0 Å². The van der Waals surface area contributed by atoms with Gasteiger partial charge >= 0.3 is 0 Å². The molecule has 0 aliphatic carbocycles. The molecule has 5 heteroatoms. The Labute approximate surface area is 118 Å². The number of amides is 1. The van der Waals surface area contributed by atoms with Gasteiger partial charge in [0.05, 0.1) is 6.61 Å². The zero-order chi connectivity index (χ0) is 13.7. The van der Waals surface area contributed by atoms with Crippen LogP contribution in [0.5, 0.6) is 5.75 Å². The first-order valence-corrected chi connectivity index (χ1v) is 6.98. The number of benzene rings is 1. The minimum absolute atomic E-state index is 0.235. The van der Waals surface area contributed by atoms with Crippen molar-refractivity contribution < 1.29 is 9.53 Å². The molecule has 0 atom stereocenters. The molecular weight excluding hydrogens is 264 g/mol.